The molecule has 7 rings (SSSR count). The Balaban J connectivity index is 1.26. The van der Waals surface area contributed by atoms with Crippen LogP contribution in [0.5, 0.6) is 11.5 Å². The Morgan fingerprint density at radius 3 is 2.54 bits per heavy atom. The second-order valence-electron chi connectivity index (χ2n) is 9.97. The predicted molar refractivity (Wildman–Crippen MR) is 162 cm³/mol. The number of aryl methyl sites for hydroxylation is 1. The van der Waals surface area contributed by atoms with Crippen LogP contribution in [0.4, 0.5) is 10.7 Å². The van der Waals surface area contributed by atoms with E-state index in [1.165, 1.54) is 11.3 Å². The second-order valence-corrected chi connectivity index (χ2v) is 11.5. The summed E-state index contributed by atoms with van der Waals surface area (Å²) in [6.07, 6.45) is 3.76. The third-order valence-electron chi connectivity index (χ3n) is 7.36. The van der Waals surface area contributed by atoms with Gasteiger partial charge in [-0.25, -0.2) is 4.98 Å². The summed E-state index contributed by atoms with van der Waals surface area (Å²) in [6.45, 7) is 0.177. The van der Waals surface area contributed by atoms with E-state index in [-0.39, 0.29) is 18.6 Å². The van der Waals surface area contributed by atoms with Crippen LogP contribution in [0.15, 0.2) is 72.8 Å². The molecule has 0 spiro atoms. The first-order valence-corrected chi connectivity index (χ1v) is 14.6. The number of para-hydroxylation sites is 1. The largest absolute Gasteiger partial charge is 0.454 e. The number of nitrogens with one attached hydrogen (secondary N) is 2. The number of amides is 2. The van der Waals surface area contributed by atoms with Crippen LogP contribution in [0.1, 0.15) is 44.0 Å². The number of thiophene rings is 1. The number of ether oxygens (including phenoxy) is 2. The van der Waals surface area contributed by atoms with Gasteiger partial charge in [-0.05, 0) is 85.8 Å². The number of hydrogen-bond acceptors (Lipinski definition) is 6. The van der Waals surface area contributed by atoms with E-state index in [4.69, 9.17) is 26.1 Å². The third kappa shape index (κ3) is 4.90. The van der Waals surface area contributed by atoms with Gasteiger partial charge in [0.25, 0.3) is 11.8 Å². The van der Waals surface area contributed by atoms with Crippen LogP contribution in [0.3, 0.4) is 0 Å². The van der Waals surface area contributed by atoms with Crippen LogP contribution >= 0.6 is 22.9 Å². The molecule has 7 nitrogen and oxygen atoms in total. The van der Waals surface area contributed by atoms with E-state index in [2.05, 4.69) is 10.6 Å². The molecule has 0 fully saturated rings. The highest BCUT2D eigenvalue weighted by Gasteiger charge is 2.27. The quantitative estimate of drug-likeness (QED) is 0.222. The number of halogens is 1. The monoisotopic (exact) mass is 581 g/mol. The Labute approximate surface area is 245 Å². The van der Waals surface area contributed by atoms with Gasteiger partial charge in [0.15, 0.2) is 11.5 Å². The summed E-state index contributed by atoms with van der Waals surface area (Å²) in [7, 11) is 0. The van der Waals surface area contributed by atoms with Crippen molar-refractivity contribution in [3.8, 4) is 22.8 Å². The minimum Gasteiger partial charge on any atom is -0.454 e. The second kappa shape index (κ2) is 10.5. The average molecular weight is 582 g/mol. The van der Waals surface area contributed by atoms with E-state index in [1.807, 2.05) is 42.5 Å². The molecule has 0 saturated heterocycles. The summed E-state index contributed by atoms with van der Waals surface area (Å²) >= 11 is 7.51. The zero-order chi connectivity index (χ0) is 27.9. The SMILES string of the molecule is O=C(Nc1ccc(Cl)cc1)c1c(NC(=O)c2cc(-c3ccc4c(c3)OCO4)nc3ccccc23)sc2c1CCCC2. The zero-order valence-electron chi connectivity index (χ0n) is 21.8. The lowest BCUT2D eigenvalue weighted by Crippen LogP contribution is -2.19. The molecule has 1 aliphatic carbocycles. The van der Waals surface area contributed by atoms with Crippen molar-refractivity contribution in [2.45, 2.75) is 25.7 Å². The molecule has 9 heteroatoms. The number of carbonyl (C=O) groups is 2. The molecule has 2 N–H and O–H groups in total. The molecule has 2 aliphatic rings. The normalized spacial score (nSPS) is 13.6. The van der Waals surface area contributed by atoms with Crippen LogP contribution in [0.2, 0.25) is 5.02 Å². The van der Waals surface area contributed by atoms with Gasteiger partial charge in [0.2, 0.25) is 6.79 Å². The standard InChI is InChI=1S/C32H24ClN3O4S/c33-19-10-12-20(13-11-19)34-31(38)29-22-6-2-4-8-28(22)41-32(29)36-30(37)23-16-25(35-24-7-3-1-5-21(23)24)18-9-14-26-27(15-18)40-17-39-26/h1,3,5,7,9-16H,2,4,6,8,17H2,(H,34,38)(H,36,37). The number of carbonyl (C=O) groups excluding carboxylic acids is 2. The molecule has 0 saturated carbocycles. The van der Waals surface area contributed by atoms with Gasteiger partial charge in [-0.1, -0.05) is 29.8 Å². The van der Waals surface area contributed by atoms with E-state index in [1.54, 1.807) is 30.3 Å². The van der Waals surface area contributed by atoms with Crippen molar-refractivity contribution in [2.24, 2.45) is 0 Å². The first kappa shape index (κ1) is 25.6. The number of anilines is 2. The Bertz CT molecular complexity index is 1830. The van der Waals surface area contributed by atoms with Gasteiger partial charge in [0, 0.05) is 26.5 Å². The van der Waals surface area contributed by atoms with Gasteiger partial charge in [-0.15, -0.1) is 11.3 Å². The van der Waals surface area contributed by atoms with Crippen molar-refractivity contribution < 1.29 is 19.1 Å². The van der Waals surface area contributed by atoms with Gasteiger partial charge in [0.1, 0.15) is 5.00 Å². The Morgan fingerprint density at radius 1 is 0.854 bits per heavy atom. The number of hydrogen-bond donors (Lipinski definition) is 2. The average Bonchev–Trinajstić information content (AvgIpc) is 3.61. The lowest BCUT2D eigenvalue weighted by Gasteiger charge is -2.14. The summed E-state index contributed by atoms with van der Waals surface area (Å²) in [5, 5.41) is 7.95. The number of pyridine rings is 1. The fraction of sp³-hybridized carbons (Fsp3) is 0.156. The predicted octanol–water partition coefficient (Wildman–Crippen LogP) is 7.73. The summed E-state index contributed by atoms with van der Waals surface area (Å²) in [5.74, 6) is 0.773. The number of nitrogens with zero attached hydrogens (tertiary/aromatic N) is 1. The van der Waals surface area contributed by atoms with Crippen LogP contribution < -0.4 is 20.1 Å². The maximum atomic E-state index is 14.0. The lowest BCUT2D eigenvalue weighted by atomic mass is 9.95. The third-order valence-corrected chi connectivity index (χ3v) is 8.82. The molecular weight excluding hydrogens is 558 g/mol. The van der Waals surface area contributed by atoms with Gasteiger partial charge in [-0.3, -0.25) is 9.59 Å². The van der Waals surface area contributed by atoms with Gasteiger partial charge < -0.3 is 20.1 Å². The van der Waals surface area contributed by atoms with E-state index >= 15 is 0 Å². The van der Waals surface area contributed by atoms with Crippen molar-refractivity contribution in [3.63, 3.8) is 0 Å². The van der Waals surface area contributed by atoms with E-state index in [0.717, 1.165) is 47.1 Å². The summed E-state index contributed by atoms with van der Waals surface area (Å²) in [4.78, 5) is 33.5. The first-order chi connectivity index (χ1) is 20.0. The molecule has 2 amide bonds. The molecule has 2 aromatic heterocycles. The Morgan fingerprint density at radius 2 is 1.66 bits per heavy atom. The highest BCUT2D eigenvalue weighted by atomic mass is 35.5. The Hall–Kier alpha value is -4.40. The zero-order valence-corrected chi connectivity index (χ0v) is 23.4. The molecular formula is C32H24ClN3O4S. The fourth-order valence-electron chi connectivity index (χ4n) is 5.36. The molecule has 3 heterocycles. The smallest absolute Gasteiger partial charge is 0.258 e. The van der Waals surface area contributed by atoms with Crippen LogP contribution in [-0.2, 0) is 12.8 Å². The van der Waals surface area contributed by atoms with Crippen molar-refractivity contribution in [1.82, 2.24) is 4.98 Å². The molecule has 1 aliphatic heterocycles. The lowest BCUT2D eigenvalue weighted by molar-refractivity contribution is 0.102. The molecule has 41 heavy (non-hydrogen) atoms. The maximum Gasteiger partial charge on any atom is 0.258 e. The summed E-state index contributed by atoms with van der Waals surface area (Å²) < 4.78 is 11.0. The number of rotatable bonds is 5. The molecule has 0 radical (unpaired) electrons. The van der Waals surface area contributed by atoms with Crippen molar-refractivity contribution in [3.05, 3.63) is 99.4 Å². The molecule has 5 aromatic rings. The summed E-state index contributed by atoms with van der Waals surface area (Å²) in [6, 6.07) is 21.9. The van der Waals surface area contributed by atoms with Crippen molar-refractivity contribution in [2.75, 3.05) is 17.4 Å². The number of benzene rings is 3. The number of aromatic nitrogens is 1. The molecule has 0 unspecified atom stereocenters. The minimum atomic E-state index is -0.301. The van der Waals surface area contributed by atoms with E-state index in [0.29, 0.717) is 49.5 Å². The van der Waals surface area contributed by atoms with E-state index < -0.39 is 0 Å². The van der Waals surface area contributed by atoms with Gasteiger partial charge in [0.05, 0.1) is 22.3 Å². The minimum absolute atomic E-state index is 0.177. The number of fused-ring (bicyclic) bond motifs is 3. The highest BCUT2D eigenvalue weighted by Crippen LogP contribution is 2.40. The van der Waals surface area contributed by atoms with Crippen LogP contribution in [-0.4, -0.2) is 23.6 Å². The summed E-state index contributed by atoms with van der Waals surface area (Å²) in [5.41, 5.74) is 4.80. The van der Waals surface area contributed by atoms with Crippen LogP contribution in [0.25, 0.3) is 22.2 Å². The van der Waals surface area contributed by atoms with Gasteiger partial charge >= 0.3 is 0 Å². The molecule has 3 aromatic carbocycles. The van der Waals surface area contributed by atoms with Crippen LogP contribution in [0, 0.1) is 0 Å². The maximum absolute atomic E-state index is 14.0. The molecule has 0 bridgehead atoms. The first-order valence-electron chi connectivity index (χ1n) is 13.4. The molecule has 204 valence electrons. The topological polar surface area (TPSA) is 89.6 Å². The highest BCUT2D eigenvalue weighted by molar-refractivity contribution is 7.17. The van der Waals surface area contributed by atoms with Gasteiger partial charge in [-0.2, -0.15) is 0 Å². The van der Waals surface area contributed by atoms with Crippen molar-refractivity contribution in [1.29, 1.82) is 0 Å². The van der Waals surface area contributed by atoms with E-state index in [9.17, 15) is 9.59 Å². The van der Waals surface area contributed by atoms with Crippen molar-refractivity contribution >= 4 is 56.3 Å². The fourth-order valence-corrected chi connectivity index (χ4v) is 6.77. The Kier molecular flexibility index (Phi) is 6.57. The molecule has 0 atom stereocenters.